The van der Waals surface area contributed by atoms with E-state index in [9.17, 15) is 14.4 Å². The van der Waals surface area contributed by atoms with Crippen LogP contribution in [0.1, 0.15) is 56.7 Å². The van der Waals surface area contributed by atoms with E-state index in [1.165, 1.54) is 18.2 Å². The molecule has 0 unspecified atom stereocenters. The minimum Gasteiger partial charge on any atom is -0.465 e. The molecular weight excluding hydrogens is 342 g/mol. The highest BCUT2D eigenvalue weighted by Gasteiger charge is 2.15. The summed E-state index contributed by atoms with van der Waals surface area (Å²) in [4.78, 5) is 35.7. The van der Waals surface area contributed by atoms with E-state index in [-0.39, 0.29) is 24.5 Å². The molecule has 0 aromatic heterocycles. The quantitative estimate of drug-likeness (QED) is 0.604. The summed E-state index contributed by atoms with van der Waals surface area (Å²) in [5, 5.41) is 2.80. The van der Waals surface area contributed by atoms with Crippen LogP contribution in [-0.4, -0.2) is 24.8 Å². The molecule has 2 aromatic carbocycles. The zero-order valence-electron chi connectivity index (χ0n) is 15.4. The molecule has 5 nitrogen and oxygen atoms in total. The number of ketones is 1. The zero-order valence-corrected chi connectivity index (χ0v) is 15.4. The summed E-state index contributed by atoms with van der Waals surface area (Å²) in [6.45, 7) is 0.354. The standard InChI is InChI=1S/C22H23NO4/c1-27-22(26)17-7-5-15(6-8-17)14-23-21(25)12-11-20(24)19-10-9-16-3-2-4-18(16)13-19/h5-10,13H,2-4,11-12,14H2,1H3,(H,23,25). The van der Waals surface area contributed by atoms with Crippen LogP contribution in [0.5, 0.6) is 0 Å². The average molecular weight is 365 g/mol. The predicted octanol–water partition coefficient (Wildman–Crippen LogP) is 3.24. The fourth-order valence-corrected chi connectivity index (χ4v) is 3.28. The van der Waals surface area contributed by atoms with Gasteiger partial charge in [0.05, 0.1) is 12.7 Å². The lowest BCUT2D eigenvalue weighted by Crippen LogP contribution is -2.23. The van der Waals surface area contributed by atoms with E-state index in [0.717, 1.165) is 24.8 Å². The van der Waals surface area contributed by atoms with E-state index in [1.54, 1.807) is 24.3 Å². The van der Waals surface area contributed by atoms with Gasteiger partial charge in [0, 0.05) is 24.9 Å². The molecule has 5 heteroatoms. The molecule has 1 aliphatic carbocycles. The first-order chi connectivity index (χ1) is 13.1. The lowest BCUT2D eigenvalue weighted by molar-refractivity contribution is -0.121. The first-order valence-corrected chi connectivity index (χ1v) is 9.16. The Morgan fingerprint density at radius 3 is 2.37 bits per heavy atom. The number of aryl methyl sites for hydroxylation is 2. The summed E-state index contributed by atoms with van der Waals surface area (Å²) in [7, 11) is 1.33. The highest BCUT2D eigenvalue weighted by molar-refractivity contribution is 5.98. The van der Waals surface area contributed by atoms with Gasteiger partial charge < -0.3 is 10.1 Å². The summed E-state index contributed by atoms with van der Waals surface area (Å²) < 4.78 is 4.65. The molecule has 0 heterocycles. The number of methoxy groups -OCH3 is 1. The number of ether oxygens (including phenoxy) is 1. The number of hydrogen-bond donors (Lipinski definition) is 1. The van der Waals surface area contributed by atoms with Gasteiger partial charge in [-0.1, -0.05) is 24.3 Å². The van der Waals surface area contributed by atoms with Crippen LogP contribution >= 0.6 is 0 Å². The highest BCUT2D eigenvalue weighted by atomic mass is 16.5. The van der Waals surface area contributed by atoms with Gasteiger partial charge in [0.15, 0.2) is 5.78 Å². The number of nitrogens with one attached hydrogen (secondary N) is 1. The maximum Gasteiger partial charge on any atom is 0.337 e. The number of rotatable bonds is 7. The van der Waals surface area contributed by atoms with Gasteiger partial charge >= 0.3 is 5.97 Å². The van der Waals surface area contributed by atoms with Crippen molar-refractivity contribution in [3.05, 3.63) is 70.3 Å². The molecule has 27 heavy (non-hydrogen) atoms. The van der Waals surface area contributed by atoms with Crippen LogP contribution in [0.4, 0.5) is 0 Å². The van der Waals surface area contributed by atoms with Crippen LogP contribution in [0.3, 0.4) is 0 Å². The Kier molecular flexibility index (Phi) is 6.01. The van der Waals surface area contributed by atoms with Crippen molar-refractivity contribution in [2.45, 2.75) is 38.6 Å². The number of hydrogen-bond acceptors (Lipinski definition) is 4. The van der Waals surface area contributed by atoms with E-state index in [2.05, 4.69) is 10.1 Å². The minimum absolute atomic E-state index is 0.00211. The van der Waals surface area contributed by atoms with Crippen LogP contribution in [0.15, 0.2) is 42.5 Å². The second-order valence-corrected chi connectivity index (χ2v) is 6.73. The Labute approximate surface area is 158 Å². The van der Waals surface area contributed by atoms with Crippen molar-refractivity contribution in [2.75, 3.05) is 7.11 Å². The molecule has 0 fully saturated rings. The van der Waals surface area contributed by atoms with Gasteiger partial charge in [-0.15, -0.1) is 0 Å². The highest BCUT2D eigenvalue weighted by Crippen LogP contribution is 2.23. The molecule has 3 rings (SSSR count). The van der Waals surface area contributed by atoms with Crippen molar-refractivity contribution in [1.29, 1.82) is 0 Å². The van der Waals surface area contributed by atoms with E-state index in [0.29, 0.717) is 17.7 Å². The van der Waals surface area contributed by atoms with E-state index >= 15 is 0 Å². The molecule has 0 saturated heterocycles. The smallest absolute Gasteiger partial charge is 0.337 e. The third-order valence-corrected chi connectivity index (χ3v) is 4.86. The third-order valence-electron chi connectivity index (χ3n) is 4.86. The third kappa shape index (κ3) is 4.82. The molecule has 140 valence electrons. The SMILES string of the molecule is COC(=O)c1ccc(CNC(=O)CCC(=O)c2ccc3c(c2)CCC3)cc1. The number of amides is 1. The maximum atomic E-state index is 12.3. The Hall–Kier alpha value is -2.95. The monoisotopic (exact) mass is 365 g/mol. The molecule has 0 radical (unpaired) electrons. The first kappa shape index (κ1) is 18.8. The number of benzene rings is 2. The largest absolute Gasteiger partial charge is 0.465 e. The normalized spacial score (nSPS) is 12.3. The van der Waals surface area contributed by atoms with Gasteiger partial charge in [-0.3, -0.25) is 9.59 Å². The van der Waals surface area contributed by atoms with Crippen molar-refractivity contribution in [1.82, 2.24) is 5.32 Å². The maximum absolute atomic E-state index is 12.3. The molecule has 2 aromatic rings. The van der Waals surface area contributed by atoms with E-state index in [4.69, 9.17) is 0 Å². The zero-order chi connectivity index (χ0) is 19.2. The van der Waals surface area contributed by atoms with Crippen LogP contribution in [0.25, 0.3) is 0 Å². The minimum atomic E-state index is -0.393. The molecule has 0 saturated carbocycles. The Morgan fingerprint density at radius 1 is 0.926 bits per heavy atom. The predicted molar refractivity (Wildman–Crippen MR) is 102 cm³/mol. The van der Waals surface area contributed by atoms with Gasteiger partial charge in [-0.05, 0) is 54.2 Å². The molecule has 1 aliphatic rings. The summed E-state index contributed by atoms with van der Waals surface area (Å²) >= 11 is 0. The van der Waals surface area contributed by atoms with Gasteiger partial charge in [-0.2, -0.15) is 0 Å². The van der Waals surface area contributed by atoms with Gasteiger partial charge in [0.25, 0.3) is 0 Å². The van der Waals surface area contributed by atoms with Gasteiger partial charge in [0.2, 0.25) is 5.91 Å². The van der Waals surface area contributed by atoms with Gasteiger partial charge in [0.1, 0.15) is 0 Å². The summed E-state index contributed by atoms with van der Waals surface area (Å²) in [5.74, 6) is -0.556. The van der Waals surface area contributed by atoms with Crippen LogP contribution in [0.2, 0.25) is 0 Å². The fourth-order valence-electron chi connectivity index (χ4n) is 3.28. The molecule has 0 atom stereocenters. The number of carbonyl (C=O) groups is 3. The molecule has 1 N–H and O–H groups in total. The Balaban J connectivity index is 1.45. The summed E-state index contributed by atoms with van der Waals surface area (Å²) in [5.41, 5.74) is 4.64. The van der Waals surface area contributed by atoms with Crippen LogP contribution in [-0.2, 0) is 28.9 Å². The Bertz CT molecular complexity index is 855. The van der Waals surface area contributed by atoms with E-state index in [1.807, 2.05) is 18.2 Å². The lowest BCUT2D eigenvalue weighted by Gasteiger charge is -2.07. The lowest BCUT2D eigenvalue weighted by atomic mass is 10.0. The van der Waals surface area contributed by atoms with Crippen molar-refractivity contribution in [3.8, 4) is 0 Å². The van der Waals surface area contributed by atoms with Crippen molar-refractivity contribution >= 4 is 17.7 Å². The van der Waals surface area contributed by atoms with Gasteiger partial charge in [-0.25, -0.2) is 4.79 Å². The summed E-state index contributed by atoms with van der Waals surface area (Å²) in [6.07, 6.45) is 3.64. The second-order valence-electron chi connectivity index (χ2n) is 6.73. The number of Topliss-reactive ketones (excluding diaryl/α,β-unsaturated/α-hetero) is 1. The molecular formula is C22H23NO4. The van der Waals surface area contributed by atoms with Crippen LogP contribution < -0.4 is 5.32 Å². The summed E-state index contributed by atoms with van der Waals surface area (Å²) in [6, 6.07) is 12.7. The fraction of sp³-hybridized carbons (Fsp3) is 0.318. The van der Waals surface area contributed by atoms with Crippen molar-refractivity contribution in [3.63, 3.8) is 0 Å². The Morgan fingerprint density at radius 2 is 1.63 bits per heavy atom. The molecule has 0 bridgehead atoms. The van der Waals surface area contributed by atoms with E-state index < -0.39 is 5.97 Å². The number of fused-ring (bicyclic) bond motifs is 1. The number of carbonyl (C=O) groups excluding carboxylic acids is 3. The number of esters is 1. The van der Waals surface area contributed by atoms with Crippen molar-refractivity contribution < 1.29 is 19.1 Å². The molecule has 0 spiro atoms. The topological polar surface area (TPSA) is 72.5 Å². The van der Waals surface area contributed by atoms with Crippen LogP contribution in [0, 0.1) is 0 Å². The molecule has 0 aliphatic heterocycles. The first-order valence-electron chi connectivity index (χ1n) is 9.16. The molecule has 1 amide bonds. The second kappa shape index (κ2) is 8.62. The van der Waals surface area contributed by atoms with Crippen molar-refractivity contribution in [2.24, 2.45) is 0 Å². The average Bonchev–Trinajstić information content (AvgIpc) is 3.18.